The smallest absolute Gasteiger partial charge is 0.0540 e. The van der Waals surface area contributed by atoms with Crippen LogP contribution in [0.3, 0.4) is 0 Å². The van der Waals surface area contributed by atoms with Crippen LogP contribution < -0.4 is 5.73 Å². The van der Waals surface area contributed by atoms with E-state index in [4.69, 9.17) is 5.73 Å². The van der Waals surface area contributed by atoms with Gasteiger partial charge >= 0.3 is 0 Å². The molecule has 0 bridgehead atoms. The fourth-order valence-corrected chi connectivity index (χ4v) is 3.35. The number of aliphatic hydroxyl groups excluding tert-OH is 1. The molecule has 1 unspecified atom stereocenters. The second kappa shape index (κ2) is 7.48. The topological polar surface area (TPSA) is 46.2 Å². The molecular formula is C17H21NOS. The summed E-state index contributed by atoms with van der Waals surface area (Å²) >= 11 is 1.81. The van der Waals surface area contributed by atoms with Crippen molar-refractivity contribution < 1.29 is 5.11 Å². The van der Waals surface area contributed by atoms with E-state index in [9.17, 15) is 5.11 Å². The molecule has 3 N–H and O–H groups in total. The minimum Gasteiger partial charge on any atom is -0.395 e. The van der Waals surface area contributed by atoms with Gasteiger partial charge in [-0.15, -0.1) is 11.8 Å². The molecule has 0 radical (unpaired) electrons. The average Bonchev–Trinajstić information content (AvgIpc) is 2.54. The van der Waals surface area contributed by atoms with E-state index in [0.717, 1.165) is 17.7 Å². The number of rotatable bonds is 7. The molecule has 0 saturated heterocycles. The van der Waals surface area contributed by atoms with Gasteiger partial charge in [0.1, 0.15) is 0 Å². The van der Waals surface area contributed by atoms with Crippen LogP contribution in [0.5, 0.6) is 0 Å². The fraction of sp³-hybridized carbons (Fsp3) is 0.294. The molecule has 0 amide bonds. The molecule has 2 aromatic carbocycles. The van der Waals surface area contributed by atoms with E-state index in [2.05, 4.69) is 24.3 Å². The highest BCUT2D eigenvalue weighted by atomic mass is 32.2. The molecule has 0 fully saturated rings. The summed E-state index contributed by atoms with van der Waals surface area (Å²) < 4.78 is 0. The Morgan fingerprint density at radius 3 is 2.10 bits per heavy atom. The van der Waals surface area contributed by atoms with Gasteiger partial charge < -0.3 is 10.8 Å². The van der Waals surface area contributed by atoms with Gasteiger partial charge in [-0.3, -0.25) is 0 Å². The van der Waals surface area contributed by atoms with Gasteiger partial charge in [0.15, 0.2) is 0 Å². The highest BCUT2D eigenvalue weighted by molar-refractivity contribution is 7.99. The highest BCUT2D eigenvalue weighted by Crippen LogP contribution is 2.30. The van der Waals surface area contributed by atoms with Crippen LogP contribution in [0.4, 0.5) is 0 Å². The summed E-state index contributed by atoms with van der Waals surface area (Å²) in [6.07, 6.45) is 0.865. The van der Waals surface area contributed by atoms with Crippen molar-refractivity contribution >= 4 is 11.8 Å². The molecule has 2 aromatic rings. The first-order valence-corrected chi connectivity index (χ1v) is 7.83. The van der Waals surface area contributed by atoms with E-state index < -0.39 is 0 Å². The molecular weight excluding hydrogens is 266 g/mol. The maximum absolute atomic E-state index is 9.84. The Labute approximate surface area is 125 Å². The van der Waals surface area contributed by atoms with E-state index in [-0.39, 0.29) is 12.0 Å². The van der Waals surface area contributed by atoms with Crippen LogP contribution in [0.1, 0.15) is 12.0 Å². The van der Waals surface area contributed by atoms with Gasteiger partial charge in [0.2, 0.25) is 0 Å². The van der Waals surface area contributed by atoms with Crippen LogP contribution in [-0.2, 0) is 5.41 Å². The Balaban J connectivity index is 2.03. The summed E-state index contributed by atoms with van der Waals surface area (Å²) in [6, 6.07) is 20.4. The number of aliphatic hydroxyl groups is 1. The van der Waals surface area contributed by atoms with Gasteiger partial charge in [0.25, 0.3) is 0 Å². The van der Waals surface area contributed by atoms with Gasteiger partial charge in [-0.05, 0) is 29.9 Å². The van der Waals surface area contributed by atoms with Gasteiger partial charge in [0, 0.05) is 16.9 Å². The molecule has 106 valence electrons. The van der Waals surface area contributed by atoms with Crippen molar-refractivity contribution in [2.75, 3.05) is 18.9 Å². The molecule has 1 atom stereocenters. The second-order valence-corrected chi connectivity index (χ2v) is 6.09. The largest absolute Gasteiger partial charge is 0.395 e. The van der Waals surface area contributed by atoms with Crippen molar-refractivity contribution in [3.05, 3.63) is 66.2 Å². The molecule has 2 nitrogen and oxygen atoms in total. The Morgan fingerprint density at radius 1 is 0.950 bits per heavy atom. The Hall–Kier alpha value is -1.29. The van der Waals surface area contributed by atoms with Crippen LogP contribution in [0.25, 0.3) is 0 Å². The summed E-state index contributed by atoms with van der Waals surface area (Å²) in [5.41, 5.74) is 6.75. The molecule has 0 saturated carbocycles. The minimum atomic E-state index is -0.330. The number of benzene rings is 2. The number of hydrogen-bond acceptors (Lipinski definition) is 3. The molecule has 0 spiro atoms. The van der Waals surface area contributed by atoms with E-state index in [0.29, 0.717) is 6.54 Å². The molecule has 0 aliphatic carbocycles. The lowest BCUT2D eigenvalue weighted by molar-refractivity contribution is 0.193. The van der Waals surface area contributed by atoms with Crippen molar-refractivity contribution in [2.24, 2.45) is 5.73 Å². The first-order chi connectivity index (χ1) is 9.80. The molecule has 0 aromatic heterocycles. The summed E-state index contributed by atoms with van der Waals surface area (Å²) in [7, 11) is 0. The quantitative estimate of drug-likeness (QED) is 0.769. The van der Waals surface area contributed by atoms with E-state index >= 15 is 0 Å². The number of thioether (sulfide) groups is 1. The van der Waals surface area contributed by atoms with Gasteiger partial charge in [-0.1, -0.05) is 48.5 Å². The van der Waals surface area contributed by atoms with Crippen molar-refractivity contribution in [1.82, 2.24) is 0 Å². The maximum Gasteiger partial charge on any atom is 0.0540 e. The third-order valence-corrected chi connectivity index (χ3v) is 4.69. The monoisotopic (exact) mass is 287 g/mol. The van der Waals surface area contributed by atoms with Crippen molar-refractivity contribution in [2.45, 2.75) is 16.7 Å². The summed E-state index contributed by atoms with van der Waals surface area (Å²) in [6.45, 7) is 0.547. The standard InChI is InChI=1S/C17H21NOS/c18-13-17(14-19,15-7-3-1-4-8-15)11-12-20-16-9-5-2-6-10-16/h1-10,19H,11-14,18H2. The molecule has 0 heterocycles. The second-order valence-electron chi connectivity index (χ2n) is 4.92. The van der Waals surface area contributed by atoms with Crippen LogP contribution in [0.15, 0.2) is 65.6 Å². The summed E-state index contributed by atoms with van der Waals surface area (Å²) in [5, 5.41) is 9.84. The van der Waals surface area contributed by atoms with E-state index in [1.165, 1.54) is 4.90 Å². The third-order valence-electron chi connectivity index (χ3n) is 3.67. The molecule has 0 aliphatic rings. The lowest BCUT2D eigenvalue weighted by Gasteiger charge is -2.31. The first-order valence-electron chi connectivity index (χ1n) is 6.85. The lowest BCUT2D eigenvalue weighted by atomic mass is 9.79. The van der Waals surface area contributed by atoms with Crippen molar-refractivity contribution in [3.63, 3.8) is 0 Å². The Morgan fingerprint density at radius 2 is 1.55 bits per heavy atom. The van der Waals surface area contributed by atoms with E-state index in [1.807, 2.05) is 36.4 Å². The van der Waals surface area contributed by atoms with Crippen LogP contribution >= 0.6 is 11.8 Å². The normalized spacial score (nSPS) is 13.9. The zero-order chi connectivity index (χ0) is 14.3. The average molecular weight is 287 g/mol. The van der Waals surface area contributed by atoms with Crippen LogP contribution in [-0.4, -0.2) is 24.0 Å². The van der Waals surface area contributed by atoms with Gasteiger partial charge in [0.05, 0.1) is 6.61 Å². The van der Waals surface area contributed by atoms with Crippen LogP contribution in [0, 0.1) is 0 Å². The lowest BCUT2D eigenvalue weighted by Crippen LogP contribution is -2.39. The Bertz CT molecular complexity index is 497. The predicted octanol–water partition coefficient (Wildman–Crippen LogP) is 3.06. The summed E-state index contributed by atoms with van der Waals surface area (Å²) in [5.74, 6) is 0.941. The molecule has 0 aliphatic heterocycles. The Kier molecular flexibility index (Phi) is 5.65. The van der Waals surface area contributed by atoms with Crippen molar-refractivity contribution in [3.8, 4) is 0 Å². The fourth-order valence-electron chi connectivity index (χ4n) is 2.27. The van der Waals surface area contributed by atoms with Gasteiger partial charge in [-0.2, -0.15) is 0 Å². The van der Waals surface area contributed by atoms with Crippen LogP contribution in [0.2, 0.25) is 0 Å². The number of hydrogen-bond donors (Lipinski definition) is 2. The summed E-state index contributed by atoms with van der Waals surface area (Å²) in [4.78, 5) is 1.25. The zero-order valence-corrected chi connectivity index (χ0v) is 12.4. The molecule has 3 heteroatoms. The van der Waals surface area contributed by atoms with Gasteiger partial charge in [-0.25, -0.2) is 0 Å². The zero-order valence-electron chi connectivity index (χ0n) is 11.5. The van der Waals surface area contributed by atoms with E-state index in [1.54, 1.807) is 11.8 Å². The molecule has 2 rings (SSSR count). The van der Waals surface area contributed by atoms with Crippen molar-refractivity contribution in [1.29, 1.82) is 0 Å². The number of nitrogens with two attached hydrogens (primary N) is 1. The predicted molar refractivity (Wildman–Crippen MR) is 86.0 cm³/mol. The SMILES string of the molecule is NCC(CO)(CCSc1ccccc1)c1ccccc1. The highest BCUT2D eigenvalue weighted by Gasteiger charge is 2.29. The minimum absolute atomic E-state index is 0.0862. The first kappa shape index (κ1) is 15.1. The third kappa shape index (κ3) is 3.63. The molecule has 20 heavy (non-hydrogen) atoms. The maximum atomic E-state index is 9.84.